The van der Waals surface area contributed by atoms with E-state index < -0.39 is 0 Å². The molecule has 1 aromatic carbocycles. The Morgan fingerprint density at radius 3 is 2.39 bits per heavy atom. The molecule has 0 spiro atoms. The normalized spacial score (nSPS) is 14.7. The van der Waals surface area contributed by atoms with E-state index in [1.807, 2.05) is 12.1 Å². The van der Waals surface area contributed by atoms with Gasteiger partial charge in [-0.1, -0.05) is 23.9 Å². The van der Waals surface area contributed by atoms with Crippen LogP contribution in [0.4, 0.5) is 5.69 Å². The van der Waals surface area contributed by atoms with Crippen LogP contribution in [0.25, 0.3) is 11.3 Å². The Balaban J connectivity index is 1.67. The lowest BCUT2D eigenvalue weighted by atomic mass is 10.1. The Hall–Kier alpha value is -2.08. The molecule has 0 radical (unpaired) electrons. The first-order valence-corrected chi connectivity index (χ1v) is 8.81. The molecule has 3 rings (SSSR count). The fraction of sp³-hybridized carbons (Fsp3) is 0.353. The number of piperidine rings is 1. The molecule has 120 valence electrons. The summed E-state index contributed by atoms with van der Waals surface area (Å²) in [7, 11) is 0. The van der Waals surface area contributed by atoms with Gasteiger partial charge in [0.2, 0.25) is 5.91 Å². The van der Waals surface area contributed by atoms with E-state index in [0.29, 0.717) is 5.03 Å². The number of primary amides is 1. The fourth-order valence-electron chi connectivity index (χ4n) is 2.69. The number of carbonyl (C=O) groups excluding carboxylic acids is 1. The van der Waals surface area contributed by atoms with Gasteiger partial charge in [0.15, 0.2) is 0 Å². The smallest absolute Gasteiger partial charge is 0.227 e. The van der Waals surface area contributed by atoms with E-state index in [2.05, 4.69) is 39.4 Å². The summed E-state index contributed by atoms with van der Waals surface area (Å²) in [5.41, 5.74) is 8.28. The second kappa shape index (κ2) is 7.46. The molecule has 1 aromatic heterocycles. The van der Waals surface area contributed by atoms with Crippen molar-refractivity contribution in [1.29, 1.82) is 0 Å². The van der Waals surface area contributed by atoms with E-state index in [1.54, 1.807) is 0 Å². The third-order valence-electron chi connectivity index (χ3n) is 3.89. The highest BCUT2D eigenvalue weighted by molar-refractivity contribution is 7.99. The molecule has 1 aliphatic heterocycles. The fourth-order valence-corrected chi connectivity index (χ4v) is 3.24. The molecule has 2 N–H and O–H groups in total. The zero-order chi connectivity index (χ0) is 16.1. The van der Waals surface area contributed by atoms with Crippen molar-refractivity contribution in [1.82, 2.24) is 10.2 Å². The highest BCUT2D eigenvalue weighted by Gasteiger charge is 2.11. The molecular weight excluding hydrogens is 308 g/mol. The molecule has 1 fully saturated rings. The molecule has 0 bridgehead atoms. The third kappa shape index (κ3) is 4.22. The lowest BCUT2D eigenvalue weighted by Gasteiger charge is -2.28. The SMILES string of the molecule is NC(=O)CSc1ccc(-c2ccc(N3CCCCC3)cc2)nn1. The van der Waals surface area contributed by atoms with Crippen LogP contribution in [-0.4, -0.2) is 34.9 Å². The summed E-state index contributed by atoms with van der Waals surface area (Å²) in [6.07, 6.45) is 3.89. The van der Waals surface area contributed by atoms with E-state index in [1.165, 1.54) is 36.7 Å². The Labute approximate surface area is 140 Å². The zero-order valence-corrected chi connectivity index (χ0v) is 13.8. The van der Waals surface area contributed by atoms with E-state index in [9.17, 15) is 4.79 Å². The number of rotatable bonds is 5. The van der Waals surface area contributed by atoms with Crippen LogP contribution in [0.1, 0.15) is 19.3 Å². The van der Waals surface area contributed by atoms with Crippen molar-refractivity contribution >= 4 is 23.4 Å². The van der Waals surface area contributed by atoms with E-state index >= 15 is 0 Å². The van der Waals surface area contributed by atoms with Crippen LogP contribution in [0.3, 0.4) is 0 Å². The Kier molecular flexibility index (Phi) is 5.12. The maximum Gasteiger partial charge on any atom is 0.227 e. The van der Waals surface area contributed by atoms with Crippen LogP contribution >= 0.6 is 11.8 Å². The predicted molar refractivity (Wildman–Crippen MR) is 93.5 cm³/mol. The van der Waals surface area contributed by atoms with Gasteiger partial charge >= 0.3 is 0 Å². The summed E-state index contributed by atoms with van der Waals surface area (Å²) in [5, 5.41) is 9.07. The maximum absolute atomic E-state index is 10.8. The van der Waals surface area contributed by atoms with Crippen LogP contribution in [0.2, 0.25) is 0 Å². The Morgan fingerprint density at radius 2 is 1.78 bits per heavy atom. The summed E-state index contributed by atoms with van der Waals surface area (Å²) in [6, 6.07) is 12.3. The minimum Gasteiger partial charge on any atom is -0.372 e. The molecule has 1 amide bonds. The number of carbonyl (C=O) groups is 1. The topological polar surface area (TPSA) is 72.1 Å². The van der Waals surface area contributed by atoms with Gasteiger partial charge < -0.3 is 10.6 Å². The van der Waals surface area contributed by atoms with Crippen molar-refractivity contribution in [2.45, 2.75) is 24.3 Å². The van der Waals surface area contributed by atoms with Crippen molar-refractivity contribution in [2.75, 3.05) is 23.7 Å². The second-order valence-corrected chi connectivity index (χ2v) is 6.60. The molecule has 6 heteroatoms. The zero-order valence-electron chi connectivity index (χ0n) is 12.9. The quantitative estimate of drug-likeness (QED) is 0.855. The molecule has 23 heavy (non-hydrogen) atoms. The molecule has 1 saturated heterocycles. The van der Waals surface area contributed by atoms with Crippen LogP contribution in [0.5, 0.6) is 0 Å². The standard InChI is InChI=1S/C17H20N4OS/c18-16(22)12-23-17-9-8-15(19-20-17)13-4-6-14(7-5-13)21-10-2-1-3-11-21/h4-9H,1-3,10-12H2,(H2,18,22). The largest absolute Gasteiger partial charge is 0.372 e. The van der Waals surface area contributed by atoms with E-state index in [0.717, 1.165) is 24.3 Å². The summed E-state index contributed by atoms with van der Waals surface area (Å²) in [6.45, 7) is 2.29. The van der Waals surface area contributed by atoms with Gasteiger partial charge in [-0.15, -0.1) is 10.2 Å². The third-order valence-corrected chi connectivity index (χ3v) is 4.83. The summed E-state index contributed by atoms with van der Waals surface area (Å²) in [4.78, 5) is 13.2. The molecule has 0 saturated carbocycles. The summed E-state index contributed by atoms with van der Waals surface area (Å²) < 4.78 is 0. The molecule has 0 atom stereocenters. The number of anilines is 1. The minimum atomic E-state index is -0.353. The van der Waals surface area contributed by atoms with Gasteiger partial charge in [-0.2, -0.15) is 0 Å². The Morgan fingerprint density at radius 1 is 1.04 bits per heavy atom. The number of hydrogen-bond acceptors (Lipinski definition) is 5. The van der Waals surface area contributed by atoms with Gasteiger partial charge in [0, 0.05) is 24.3 Å². The average Bonchev–Trinajstić information content (AvgIpc) is 2.61. The highest BCUT2D eigenvalue weighted by Crippen LogP contribution is 2.24. The van der Waals surface area contributed by atoms with Crippen LogP contribution in [0, 0.1) is 0 Å². The number of nitrogens with zero attached hydrogens (tertiary/aromatic N) is 3. The number of benzene rings is 1. The molecule has 0 aliphatic carbocycles. The Bertz CT molecular complexity index is 651. The summed E-state index contributed by atoms with van der Waals surface area (Å²) >= 11 is 1.30. The first-order valence-electron chi connectivity index (χ1n) is 7.82. The number of nitrogens with two attached hydrogens (primary N) is 1. The van der Waals surface area contributed by atoms with Crippen molar-refractivity contribution in [2.24, 2.45) is 5.73 Å². The lowest BCUT2D eigenvalue weighted by Crippen LogP contribution is -2.29. The number of aromatic nitrogens is 2. The molecule has 0 unspecified atom stereocenters. The van der Waals surface area contributed by atoms with Gasteiger partial charge in [-0.3, -0.25) is 4.79 Å². The first kappa shape index (κ1) is 15.8. The van der Waals surface area contributed by atoms with Crippen molar-refractivity contribution in [3.8, 4) is 11.3 Å². The monoisotopic (exact) mass is 328 g/mol. The van der Waals surface area contributed by atoms with Crippen molar-refractivity contribution < 1.29 is 4.79 Å². The van der Waals surface area contributed by atoms with Crippen LogP contribution in [0.15, 0.2) is 41.4 Å². The van der Waals surface area contributed by atoms with Crippen LogP contribution in [-0.2, 0) is 4.79 Å². The average molecular weight is 328 g/mol. The van der Waals surface area contributed by atoms with E-state index in [4.69, 9.17) is 5.73 Å². The van der Waals surface area contributed by atoms with E-state index in [-0.39, 0.29) is 11.7 Å². The number of amides is 1. The van der Waals surface area contributed by atoms with Gasteiger partial charge in [-0.25, -0.2) is 0 Å². The number of thioether (sulfide) groups is 1. The van der Waals surface area contributed by atoms with Gasteiger partial charge in [0.05, 0.1) is 11.4 Å². The molecular formula is C17H20N4OS. The predicted octanol–water partition coefficient (Wildman–Crippen LogP) is 2.71. The van der Waals surface area contributed by atoms with Crippen LogP contribution < -0.4 is 10.6 Å². The van der Waals surface area contributed by atoms with Gasteiger partial charge in [0.25, 0.3) is 0 Å². The maximum atomic E-state index is 10.8. The van der Waals surface area contributed by atoms with Gasteiger partial charge in [-0.05, 0) is 43.5 Å². The molecule has 1 aliphatic rings. The molecule has 2 heterocycles. The highest BCUT2D eigenvalue weighted by atomic mass is 32.2. The second-order valence-electron chi connectivity index (χ2n) is 5.61. The molecule has 5 nitrogen and oxygen atoms in total. The first-order chi connectivity index (χ1) is 11.2. The lowest BCUT2D eigenvalue weighted by molar-refractivity contribution is -0.115. The minimum absolute atomic E-state index is 0.221. The van der Waals surface area contributed by atoms with Crippen molar-refractivity contribution in [3.63, 3.8) is 0 Å². The van der Waals surface area contributed by atoms with Crippen molar-refractivity contribution in [3.05, 3.63) is 36.4 Å². The number of hydrogen-bond donors (Lipinski definition) is 1. The van der Waals surface area contributed by atoms with Gasteiger partial charge in [0.1, 0.15) is 5.03 Å². The molecule has 2 aromatic rings. The summed E-state index contributed by atoms with van der Waals surface area (Å²) in [5.74, 6) is -0.132.